The zero-order chi connectivity index (χ0) is 24.9. The molecule has 36 heavy (non-hydrogen) atoms. The van der Waals surface area contributed by atoms with Crippen LogP contribution < -0.4 is 14.8 Å². The van der Waals surface area contributed by atoms with Gasteiger partial charge in [0.15, 0.2) is 0 Å². The van der Waals surface area contributed by atoms with Crippen molar-refractivity contribution in [3.8, 4) is 5.88 Å². The second-order valence-corrected chi connectivity index (χ2v) is 12.0. The summed E-state index contributed by atoms with van der Waals surface area (Å²) in [4.78, 5) is 28.2. The number of hydrogen-bond donors (Lipinski definition) is 2. The number of amides is 1. The van der Waals surface area contributed by atoms with Gasteiger partial charge in [0, 0.05) is 28.8 Å². The number of nitrogens with one attached hydrogen (secondary N) is 2. The molecule has 1 aromatic carbocycles. The lowest BCUT2D eigenvalue weighted by molar-refractivity contribution is 0.0950. The molecular formula is C24H19N5O4S3. The minimum Gasteiger partial charge on any atom is -0.480 e. The number of pyridine rings is 1. The Morgan fingerprint density at radius 1 is 1.17 bits per heavy atom. The van der Waals surface area contributed by atoms with Crippen LogP contribution in [0.3, 0.4) is 0 Å². The molecule has 0 radical (unpaired) electrons. The normalized spacial score (nSPS) is 21.9. The van der Waals surface area contributed by atoms with E-state index in [9.17, 15) is 13.2 Å². The molecule has 0 saturated carbocycles. The molecule has 6 rings (SSSR count). The fourth-order valence-corrected chi connectivity index (χ4v) is 7.60. The van der Waals surface area contributed by atoms with Crippen LogP contribution >= 0.6 is 23.1 Å². The summed E-state index contributed by atoms with van der Waals surface area (Å²) in [6.07, 6.45) is 5.29. The molecule has 3 aliphatic heterocycles. The smallest absolute Gasteiger partial charge is 0.262 e. The maximum atomic E-state index is 13.3. The van der Waals surface area contributed by atoms with Gasteiger partial charge in [-0.25, -0.2) is 18.4 Å². The highest BCUT2D eigenvalue weighted by atomic mass is 32.2. The van der Waals surface area contributed by atoms with Crippen molar-refractivity contribution in [1.82, 2.24) is 10.3 Å². The van der Waals surface area contributed by atoms with E-state index in [-0.39, 0.29) is 39.2 Å². The molecule has 0 spiro atoms. The van der Waals surface area contributed by atoms with Gasteiger partial charge in [0.05, 0.1) is 33.9 Å². The van der Waals surface area contributed by atoms with Crippen LogP contribution in [0, 0.1) is 0 Å². The number of rotatable bonds is 1. The molecule has 0 aliphatic carbocycles. The van der Waals surface area contributed by atoms with Gasteiger partial charge >= 0.3 is 0 Å². The topological polar surface area (TPSA) is 122 Å². The van der Waals surface area contributed by atoms with Crippen molar-refractivity contribution in [2.24, 2.45) is 9.98 Å². The van der Waals surface area contributed by atoms with Gasteiger partial charge in [0.2, 0.25) is 5.88 Å². The molecule has 8 bridgehead atoms. The quantitative estimate of drug-likeness (QED) is 0.490. The Morgan fingerprint density at radius 3 is 2.92 bits per heavy atom. The number of hydrogen-bond acceptors (Lipinski definition) is 9. The summed E-state index contributed by atoms with van der Waals surface area (Å²) in [6, 6.07) is 9.52. The largest absolute Gasteiger partial charge is 0.480 e. The van der Waals surface area contributed by atoms with Gasteiger partial charge in [0.1, 0.15) is 12.0 Å². The summed E-state index contributed by atoms with van der Waals surface area (Å²) in [5.41, 5.74) is 3.04. The molecule has 182 valence electrons. The number of anilines is 1. The van der Waals surface area contributed by atoms with Crippen LogP contribution in [0.2, 0.25) is 0 Å². The van der Waals surface area contributed by atoms with E-state index in [0.29, 0.717) is 6.54 Å². The lowest BCUT2D eigenvalue weighted by Gasteiger charge is -2.19. The molecule has 2 atom stereocenters. The van der Waals surface area contributed by atoms with E-state index in [0.717, 1.165) is 26.6 Å². The van der Waals surface area contributed by atoms with Crippen molar-refractivity contribution in [3.05, 3.63) is 75.6 Å². The first-order chi connectivity index (χ1) is 17.4. The van der Waals surface area contributed by atoms with E-state index in [1.165, 1.54) is 25.3 Å². The van der Waals surface area contributed by atoms with Crippen molar-refractivity contribution < 1.29 is 17.9 Å². The van der Waals surface area contributed by atoms with E-state index in [1.807, 2.05) is 11.4 Å². The summed E-state index contributed by atoms with van der Waals surface area (Å²) in [7, 11) is -2.61. The molecule has 5 heterocycles. The molecule has 12 heteroatoms. The highest BCUT2D eigenvalue weighted by molar-refractivity contribution is 8.09. The lowest BCUT2D eigenvalue weighted by Crippen LogP contribution is -2.29. The zero-order valence-corrected chi connectivity index (χ0v) is 21.3. The Hall–Kier alpha value is -3.48. The highest BCUT2D eigenvalue weighted by Gasteiger charge is 2.36. The van der Waals surface area contributed by atoms with Crippen LogP contribution in [0.25, 0.3) is 4.91 Å². The second kappa shape index (κ2) is 8.87. The van der Waals surface area contributed by atoms with E-state index >= 15 is 0 Å². The number of ether oxygens (including phenoxy) is 1. The summed E-state index contributed by atoms with van der Waals surface area (Å²) in [6.45, 7) is 0.310. The third kappa shape index (κ3) is 4.10. The number of aromatic nitrogens is 1. The molecule has 0 saturated heterocycles. The van der Waals surface area contributed by atoms with Gasteiger partial charge in [-0.1, -0.05) is 6.07 Å². The third-order valence-corrected chi connectivity index (χ3v) is 9.68. The second-order valence-electron chi connectivity index (χ2n) is 8.25. The van der Waals surface area contributed by atoms with Gasteiger partial charge < -0.3 is 10.1 Å². The number of aliphatic imine (C=N–C) groups is 2. The number of thiophene rings is 1. The van der Waals surface area contributed by atoms with Gasteiger partial charge in [-0.15, -0.1) is 23.1 Å². The fourth-order valence-electron chi connectivity index (χ4n) is 4.16. The minimum absolute atomic E-state index is 0.0213. The first-order valence-corrected chi connectivity index (χ1v) is 14.2. The molecule has 3 aromatic rings. The van der Waals surface area contributed by atoms with Crippen molar-refractivity contribution in [3.63, 3.8) is 0 Å². The molecule has 3 aliphatic rings. The molecular weight excluding hydrogens is 518 g/mol. The number of fused-ring (bicyclic) bond motifs is 9. The van der Waals surface area contributed by atoms with Gasteiger partial charge in [0.25, 0.3) is 15.9 Å². The lowest BCUT2D eigenvalue weighted by atomic mass is 10.1. The number of thioether (sulfide) groups is 1. The van der Waals surface area contributed by atoms with Crippen LogP contribution in [0.5, 0.6) is 5.88 Å². The van der Waals surface area contributed by atoms with E-state index < -0.39 is 10.0 Å². The monoisotopic (exact) mass is 537 g/mol. The first-order valence-electron chi connectivity index (χ1n) is 10.9. The van der Waals surface area contributed by atoms with Crippen molar-refractivity contribution in [2.45, 2.75) is 22.7 Å². The number of sulfonamides is 1. The van der Waals surface area contributed by atoms with Crippen molar-refractivity contribution in [2.75, 3.05) is 11.8 Å². The molecule has 2 N–H and O–H groups in total. The molecule has 1 amide bonds. The highest BCUT2D eigenvalue weighted by Crippen LogP contribution is 2.44. The maximum Gasteiger partial charge on any atom is 0.262 e. The predicted octanol–water partition coefficient (Wildman–Crippen LogP) is 3.55. The summed E-state index contributed by atoms with van der Waals surface area (Å²) in [5.74, 6) is -0.234. The molecule has 0 fully saturated rings. The number of nitrogens with zero attached hydrogens (tertiary/aromatic N) is 3. The Kier molecular flexibility index (Phi) is 5.66. The Labute approximate surface area is 215 Å². The fraction of sp³-hybridized carbons (Fsp3) is 0.167. The predicted molar refractivity (Wildman–Crippen MR) is 142 cm³/mol. The number of benzene rings is 1. The maximum absolute atomic E-state index is 13.3. The Bertz CT molecular complexity index is 1590. The average Bonchev–Trinajstić information content (AvgIpc) is 3.54. The van der Waals surface area contributed by atoms with E-state index in [2.05, 4.69) is 31.1 Å². The average molecular weight is 538 g/mol. The van der Waals surface area contributed by atoms with Crippen LogP contribution in [-0.4, -0.2) is 49.8 Å². The van der Waals surface area contributed by atoms with E-state index in [4.69, 9.17) is 4.74 Å². The van der Waals surface area contributed by atoms with Crippen LogP contribution in [-0.2, 0) is 16.6 Å². The van der Waals surface area contributed by atoms with Gasteiger partial charge in [-0.3, -0.25) is 14.5 Å². The van der Waals surface area contributed by atoms with Crippen LogP contribution in [0.15, 0.2) is 68.9 Å². The SMILES string of the molecule is COc1ncc2cc1NS(=O)(=O)c1cccc(c1)C(=O)NCc1csc(c1)C1=NC=NC3C=C2SC13. The molecule has 2 aromatic heterocycles. The zero-order valence-electron chi connectivity index (χ0n) is 18.8. The standard InChI is InChI=1S/C24H19N5O4S3/c1-33-24-18-7-15(10-26-24)19-8-17-22(35-19)21(28-12-27-17)20-5-13(11-34-20)9-25-23(30)14-3-2-4-16(6-14)36(31,32)29-18/h2-8,10-12,17,22,29H,9H2,1H3,(H,25,30). The van der Waals surface area contributed by atoms with E-state index in [1.54, 1.807) is 47.8 Å². The first kappa shape index (κ1) is 23.0. The van der Waals surface area contributed by atoms with Crippen molar-refractivity contribution in [1.29, 1.82) is 0 Å². The number of carbonyl (C=O) groups is 1. The van der Waals surface area contributed by atoms with Crippen LogP contribution in [0.4, 0.5) is 5.69 Å². The summed E-state index contributed by atoms with van der Waals surface area (Å²) < 4.78 is 34.4. The van der Waals surface area contributed by atoms with Gasteiger partial charge in [-0.2, -0.15) is 0 Å². The molecule has 2 unspecified atom stereocenters. The molecule has 9 nitrogen and oxygen atoms in total. The summed E-state index contributed by atoms with van der Waals surface area (Å²) >= 11 is 3.19. The minimum atomic E-state index is -4.03. The third-order valence-electron chi connectivity index (χ3n) is 5.93. The Balaban J connectivity index is 1.48. The number of methoxy groups -OCH3 is 1. The van der Waals surface area contributed by atoms with Crippen LogP contribution in [0.1, 0.15) is 26.4 Å². The Morgan fingerprint density at radius 2 is 2.06 bits per heavy atom. The number of carbonyl (C=O) groups excluding carboxylic acids is 1. The van der Waals surface area contributed by atoms with Crippen molar-refractivity contribution >= 4 is 61.7 Å². The van der Waals surface area contributed by atoms with Gasteiger partial charge in [-0.05, 0) is 47.4 Å². The summed E-state index contributed by atoms with van der Waals surface area (Å²) in [5, 5.41) is 4.84.